The molecular weight excluding hydrogens is 432 g/mol. The zero-order chi connectivity index (χ0) is 21.6. The Morgan fingerprint density at radius 1 is 1.26 bits per heavy atom. The summed E-state index contributed by atoms with van der Waals surface area (Å²) in [5, 5.41) is 7.03. The van der Waals surface area contributed by atoms with Crippen LogP contribution in [0.4, 0.5) is 10.8 Å². The van der Waals surface area contributed by atoms with Crippen molar-refractivity contribution in [2.75, 3.05) is 29.7 Å². The summed E-state index contributed by atoms with van der Waals surface area (Å²) in [5.74, 6) is 1.50. The van der Waals surface area contributed by atoms with Crippen LogP contribution in [0.15, 0.2) is 48.7 Å². The first-order valence-corrected chi connectivity index (χ1v) is 11.6. The van der Waals surface area contributed by atoms with Crippen LogP contribution in [0.3, 0.4) is 0 Å². The Morgan fingerprint density at radius 2 is 2.10 bits per heavy atom. The molecule has 2 heterocycles. The normalized spacial score (nSPS) is 13.5. The molecule has 4 N–H and O–H groups in total. The molecule has 0 saturated heterocycles. The van der Waals surface area contributed by atoms with E-state index >= 15 is 0 Å². The Balaban J connectivity index is 1.28. The standard InChI is InChI=1S/C23H25ClN4O2S/c24-8-1-9-30-19-5-2-15(3-6-19)10-18(25)13-26-23-27-14-21(31-23)16-4-7-20-17(11-16)12-22(29)28-20/h2-7,11,14,18H,1,8-10,12-13,25H2,(H,26,27)(H,28,29). The highest BCUT2D eigenvalue weighted by molar-refractivity contribution is 7.18. The molecule has 1 aromatic heterocycles. The molecule has 0 radical (unpaired) electrons. The molecule has 0 fully saturated rings. The van der Waals surface area contributed by atoms with Gasteiger partial charge in [0.25, 0.3) is 0 Å². The molecule has 1 atom stereocenters. The lowest BCUT2D eigenvalue weighted by molar-refractivity contribution is -0.115. The number of carbonyl (C=O) groups is 1. The lowest BCUT2D eigenvalue weighted by atomic mass is 10.1. The van der Waals surface area contributed by atoms with E-state index in [1.165, 1.54) is 5.56 Å². The summed E-state index contributed by atoms with van der Waals surface area (Å²) < 4.78 is 5.63. The summed E-state index contributed by atoms with van der Waals surface area (Å²) >= 11 is 7.25. The number of hydrogen-bond donors (Lipinski definition) is 3. The van der Waals surface area contributed by atoms with Crippen molar-refractivity contribution in [1.82, 2.24) is 4.98 Å². The first-order valence-electron chi connectivity index (χ1n) is 10.3. The van der Waals surface area contributed by atoms with Gasteiger partial charge in [0.15, 0.2) is 5.13 Å². The molecule has 1 aliphatic heterocycles. The van der Waals surface area contributed by atoms with E-state index in [1.807, 2.05) is 42.6 Å². The number of anilines is 2. The predicted octanol–water partition coefficient (Wildman–Crippen LogP) is 4.29. The Morgan fingerprint density at radius 3 is 2.90 bits per heavy atom. The average Bonchev–Trinajstić information content (AvgIpc) is 3.39. The summed E-state index contributed by atoms with van der Waals surface area (Å²) in [4.78, 5) is 17.1. The maximum atomic E-state index is 11.5. The average molecular weight is 457 g/mol. The number of alkyl halides is 1. The second kappa shape index (κ2) is 10.1. The van der Waals surface area contributed by atoms with Gasteiger partial charge in [-0.25, -0.2) is 4.98 Å². The van der Waals surface area contributed by atoms with E-state index in [0.717, 1.165) is 45.4 Å². The number of nitrogens with two attached hydrogens (primary N) is 1. The topological polar surface area (TPSA) is 89.3 Å². The van der Waals surface area contributed by atoms with Crippen LogP contribution in [0, 0.1) is 0 Å². The lowest BCUT2D eigenvalue weighted by Crippen LogP contribution is -2.31. The summed E-state index contributed by atoms with van der Waals surface area (Å²) in [6.07, 6.45) is 3.89. The fraction of sp³-hybridized carbons (Fsp3) is 0.304. The molecule has 1 unspecified atom stereocenters. The number of fused-ring (bicyclic) bond motifs is 1. The molecule has 31 heavy (non-hydrogen) atoms. The summed E-state index contributed by atoms with van der Waals surface area (Å²) in [7, 11) is 0. The van der Waals surface area contributed by atoms with Crippen molar-refractivity contribution < 1.29 is 9.53 Å². The Hall–Kier alpha value is -2.61. The van der Waals surface area contributed by atoms with Crippen LogP contribution >= 0.6 is 22.9 Å². The van der Waals surface area contributed by atoms with Crippen molar-refractivity contribution in [3.8, 4) is 16.2 Å². The van der Waals surface area contributed by atoms with E-state index in [0.29, 0.717) is 25.5 Å². The zero-order valence-corrected chi connectivity index (χ0v) is 18.6. The minimum atomic E-state index is -0.0348. The number of hydrogen-bond acceptors (Lipinski definition) is 6. The number of halogens is 1. The molecule has 0 bridgehead atoms. The van der Waals surface area contributed by atoms with Gasteiger partial charge in [0.05, 0.1) is 17.9 Å². The van der Waals surface area contributed by atoms with Crippen LogP contribution in [0.1, 0.15) is 17.5 Å². The molecule has 8 heteroatoms. The molecule has 0 saturated carbocycles. The molecule has 1 aliphatic rings. The third-order valence-electron chi connectivity index (χ3n) is 5.00. The fourth-order valence-corrected chi connectivity index (χ4v) is 4.36. The number of amides is 1. The molecule has 162 valence electrons. The number of aromatic nitrogens is 1. The van der Waals surface area contributed by atoms with Gasteiger partial charge < -0.3 is 21.1 Å². The van der Waals surface area contributed by atoms with Crippen LogP contribution in [0.2, 0.25) is 0 Å². The number of thiazole rings is 1. The monoisotopic (exact) mass is 456 g/mol. The third-order valence-corrected chi connectivity index (χ3v) is 6.28. The smallest absolute Gasteiger partial charge is 0.228 e. The third kappa shape index (κ3) is 5.76. The van der Waals surface area contributed by atoms with E-state index in [1.54, 1.807) is 11.3 Å². The number of nitrogens with one attached hydrogen (secondary N) is 2. The van der Waals surface area contributed by atoms with Gasteiger partial charge in [-0.15, -0.1) is 11.6 Å². The van der Waals surface area contributed by atoms with E-state index in [2.05, 4.69) is 21.7 Å². The van der Waals surface area contributed by atoms with Crippen molar-refractivity contribution in [3.63, 3.8) is 0 Å². The van der Waals surface area contributed by atoms with Gasteiger partial charge in [0.1, 0.15) is 5.75 Å². The van der Waals surface area contributed by atoms with E-state index in [4.69, 9.17) is 22.1 Å². The zero-order valence-electron chi connectivity index (χ0n) is 17.1. The Bertz CT molecular complexity index is 1040. The van der Waals surface area contributed by atoms with Crippen molar-refractivity contribution in [2.45, 2.75) is 25.3 Å². The SMILES string of the molecule is NC(CNc1ncc(-c2ccc3c(c2)CC(=O)N3)s1)Cc1ccc(OCCCCl)cc1. The minimum Gasteiger partial charge on any atom is -0.494 e. The minimum absolute atomic E-state index is 0.0348. The summed E-state index contributed by atoms with van der Waals surface area (Å²) in [5.41, 5.74) is 10.5. The first kappa shape index (κ1) is 21.6. The Kier molecular flexibility index (Phi) is 7.06. The van der Waals surface area contributed by atoms with Gasteiger partial charge >= 0.3 is 0 Å². The van der Waals surface area contributed by atoms with Crippen molar-refractivity contribution in [1.29, 1.82) is 0 Å². The molecule has 4 rings (SSSR count). The number of benzene rings is 2. The highest BCUT2D eigenvalue weighted by atomic mass is 35.5. The van der Waals surface area contributed by atoms with E-state index in [-0.39, 0.29) is 11.9 Å². The van der Waals surface area contributed by atoms with Crippen LogP contribution in [0.5, 0.6) is 5.75 Å². The second-order valence-electron chi connectivity index (χ2n) is 7.51. The summed E-state index contributed by atoms with van der Waals surface area (Å²) in [6, 6.07) is 14.0. The molecule has 2 aromatic carbocycles. The number of rotatable bonds is 10. The largest absolute Gasteiger partial charge is 0.494 e. The van der Waals surface area contributed by atoms with Crippen LogP contribution in [-0.4, -0.2) is 36.0 Å². The van der Waals surface area contributed by atoms with E-state index in [9.17, 15) is 4.79 Å². The Labute approximate surface area is 190 Å². The maximum Gasteiger partial charge on any atom is 0.228 e. The molecule has 0 aliphatic carbocycles. The predicted molar refractivity (Wildman–Crippen MR) is 127 cm³/mol. The molecule has 0 spiro atoms. The maximum absolute atomic E-state index is 11.5. The molecular formula is C23H25ClN4O2S. The van der Waals surface area contributed by atoms with Gasteiger partial charge in [0.2, 0.25) is 5.91 Å². The highest BCUT2D eigenvalue weighted by Crippen LogP contribution is 2.33. The van der Waals surface area contributed by atoms with Gasteiger partial charge in [0, 0.05) is 30.4 Å². The number of carbonyl (C=O) groups excluding carboxylic acids is 1. The van der Waals surface area contributed by atoms with Crippen molar-refractivity contribution in [3.05, 3.63) is 59.8 Å². The number of nitrogens with zero attached hydrogens (tertiary/aromatic N) is 1. The van der Waals surface area contributed by atoms with Crippen LogP contribution < -0.4 is 21.1 Å². The van der Waals surface area contributed by atoms with E-state index < -0.39 is 0 Å². The summed E-state index contributed by atoms with van der Waals surface area (Å²) in [6.45, 7) is 1.26. The quantitative estimate of drug-likeness (QED) is 0.312. The van der Waals surface area contributed by atoms with Gasteiger partial charge in [-0.2, -0.15) is 0 Å². The van der Waals surface area contributed by atoms with Gasteiger partial charge in [-0.1, -0.05) is 29.5 Å². The van der Waals surface area contributed by atoms with Crippen molar-refractivity contribution >= 4 is 39.7 Å². The van der Waals surface area contributed by atoms with Gasteiger partial charge in [-0.05, 0) is 53.8 Å². The number of ether oxygens (including phenoxy) is 1. The lowest BCUT2D eigenvalue weighted by Gasteiger charge is -2.13. The second-order valence-corrected chi connectivity index (χ2v) is 8.92. The first-order chi connectivity index (χ1) is 15.1. The van der Waals surface area contributed by atoms with Crippen molar-refractivity contribution in [2.24, 2.45) is 5.73 Å². The van der Waals surface area contributed by atoms with Gasteiger partial charge in [-0.3, -0.25) is 4.79 Å². The molecule has 1 amide bonds. The highest BCUT2D eigenvalue weighted by Gasteiger charge is 2.18. The molecule has 6 nitrogen and oxygen atoms in total. The fourth-order valence-electron chi connectivity index (χ4n) is 3.43. The van der Waals surface area contributed by atoms with Crippen LogP contribution in [0.25, 0.3) is 10.4 Å². The van der Waals surface area contributed by atoms with Crippen LogP contribution in [-0.2, 0) is 17.6 Å². The molecule has 3 aromatic rings.